The number of halogens is 1. The first-order valence-corrected chi connectivity index (χ1v) is 4.01. The summed E-state index contributed by atoms with van der Waals surface area (Å²) in [5.74, 6) is 0.687. The van der Waals surface area contributed by atoms with Gasteiger partial charge in [0.15, 0.2) is 0 Å². The fourth-order valence-electron chi connectivity index (χ4n) is 1.01. The van der Waals surface area contributed by atoms with Crippen molar-refractivity contribution in [2.45, 2.75) is 0 Å². The van der Waals surface area contributed by atoms with Crippen molar-refractivity contribution < 1.29 is 9.53 Å². The molecule has 0 bridgehead atoms. The van der Waals surface area contributed by atoms with E-state index in [1.54, 1.807) is 39.4 Å². The molecule has 1 aromatic carbocycles. The van der Waals surface area contributed by atoms with E-state index >= 15 is 0 Å². The summed E-state index contributed by atoms with van der Waals surface area (Å²) in [7, 11) is 5.03. The van der Waals surface area contributed by atoms with E-state index in [9.17, 15) is 4.79 Å². The Morgan fingerprint density at radius 2 is 2.00 bits per heavy atom. The molecule has 0 unspecified atom stereocenters. The molecule has 0 saturated heterocycles. The van der Waals surface area contributed by atoms with Crippen molar-refractivity contribution >= 4 is 18.3 Å². The van der Waals surface area contributed by atoms with Gasteiger partial charge in [-0.15, -0.1) is 12.4 Å². The van der Waals surface area contributed by atoms with Gasteiger partial charge in [0, 0.05) is 19.7 Å². The van der Waals surface area contributed by atoms with Crippen LogP contribution in [-0.2, 0) is 0 Å². The van der Waals surface area contributed by atoms with Gasteiger partial charge in [0.1, 0.15) is 5.75 Å². The summed E-state index contributed by atoms with van der Waals surface area (Å²) >= 11 is 0. The summed E-state index contributed by atoms with van der Waals surface area (Å²) in [6.07, 6.45) is 0. The second-order valence-corrected chi connectivity index (χ2v) is 2.93. The molecule has 0 aliphatic rings. The average Bonchev–Trinajstić information content (AvgIpc) is 2.16. The maximum absolute atomic E-state index is 11.5. The summed E-state index contributed by atoms with van der Waals surface area (Å²) in [6.45, 7) is 0. The first kappa shape index (κ1) is 12.8. The topological polar surface area (TPSA) is 29.5 Å². The molecule has 0 aromatic heterocycles. The number of carbonyl (C=O) groups excluding carboxylic acids is 1. The molecule has 0 atom stereocenters. The highest BCUT2D eigenvalue weighted by Crippen LogP contribution is 2.13. The molecule has 1 aromatic rings. The summed E-state index contributed by atoms with van der Waals surface area (Å²) in [4.78, 5) is 13.0. The van der Waals surface area contributed by atoms with Gasteiger partial charge in [0.25, 0.3) is 5.91 Å². The number of hydrogen-bond acceptors (Lipinski definition) is 2. The molecule has 0 fully saturated rings. The zero-order valence-electron chi connectivity index (χ0n) is 8.48. The van der Waals surface area contributed by atoms with E-state index in [4.69, 9.17) is 4.74 Å². The lowest BCUT2D eigenvalue weighted by Gasteiger charge is -2.10. The molecule has 3 nitrogen and oxygen atoms in total. The molecule has 0 N–H and O–H groups in total. The van der Waals surface area contributed by atoms with Gasteiger partial charge >= 0.3 is 0 Å². The molecule has 0 heterocycles. The molecule has 78 valence electrons. The Balaban J connectivity index is 0.00000169. The zero-order valence-corrected chi connectivity index (χ0v) is 9.30. The molecule has 14 heavy (non-hydrogen) atoms. The fourth-order valence-corrected chi connectivity index (χ4v) is 1.01. The number of hydrogen-bond donors (Lipinski definition) is 0. The van der Waals surface area contributed by atoms with Gasteiger partial charge in [0.05, 0.1) is 7.11 Å². The maximum Gasteiger partial charge on any atom is 0.253 e. The smallest absolute Gasteiger partial charge is 0.253 e. The van der Waals surface area contributed by atoms with Crippen LogP contribution in [0.3, 0.4) is 0 Å². The fraction of sp³-hybridized carbons (Fsp3) is 0.300. The number of nitrogens with zero attached hydrogens (tertiary/aromatic N) is 1. The number of ether oxygens (including phenoxy) is 1. The standard InChI is InChI=1S/C10H13NO2.ClH/c1-11(2)10(12)8-5-4-6-9(7-8)13-3;/h4-7H,1-3H3;1H. The number of methoxy groups -OCH3 is 1. The first-order valence-electron chi connectivity index (χ1n) is 4.01. The number of rotatable bonds is 2. The van der Waals surface area contributed by atoms with Crippen LogP contribution < -0.4 is 4.74 Å². The predicted octanol–water partition coefficient (Wildman–Crippen LogP) is 1.82. The van der Waals surface area contributed by atoms with Gasteiger partial charge in [-0.2, -0.15) is 0 Å². The Kier molecular flexibility index (Phi) is 5.02. The maximum atomic E-state index is 11.5. The predicted molar refractivity (Wildman–Crippen MR) is 58.3 cm³/mol. The minimum atomic E-state index is -0.0149. The van der Waals surface area contributed by atoms with E-state index in [1.165, 1.54) is 4.90 Å². The number of carbonyl (C=O) groups is 1. The molecule has 4 heteroatoms. The Hall–Kier alpha value is -1.22. The summed E-state index contributed by atoms with van der Waals surface area (Å²) in [5.41, 5.74) is 0.643. The van der Waals surface area contributed by atoms with Crippen LogP contribution >= 0.6 is 12.4 Å². The molecule has 1 rings (SSSR count). The lowest BCUT2D eigenvalue weighted by atomic mass is 10.2. The van der Waals surface area contributed by atoms with Gasteiger partial charge in [-0.1, -0.05) is 6.07 Å². The van der Waals surface area contributed by atoms with E-state index in [0.717, 1.165) is 0 Å². The minimum absolute atomic E-state index is 0. The van der Waals surface area contributed by atoms with Crippen molar-refractivity contribution in [3.63, 3.8) is 0 Å². The van der Waals surface area contributed by atoms with E-state index in [0.29, 0.717) is 11.3 Å². The SMILES string of the molecule is COc1cccc(C(=O)N(C)C)c1.Cl. The van der Waals surface area contributed by atoms with E-state index in [2.05, 4.69) is 0 Å². The third kappa shape index (κ3) is 2.92. The van der Waals surface area contributed by atoms with Gasteiger partial charge in [0.2, 0.25) is 0 Å². The van der Waals surface area contributed by atoms with Crippen molar-refractivity contribution in [1.82, 2.24) is 4.90 Å². The average molecular weight is 216 g/mol. The monoisotopic (exact) mass is 215 g/mol. The van der Waals surface area contributed by atoms with Crippen LogP contribution in [0.1, 0.15) is 10.4 Å². The Morgan fingerprint density at radius 3 is 2.50 bits per heavy atom. The quantitative estimate of drug-likeness (QED) is 0.753. The second-order valence-electron chi connectivity index (χ2n) is 2.93. The molecular formula is C10H14ClNO2. The molecule has 1 amide bonds. The number of amides is 1. The summed E-state index contributed by atoms with van der Waals surface area (Å²) in [5, 5.41) is 0. The summed E-state index contributed by atoms with van der Waals surface area (Å²) < 4.78 is 5.01. The Labute approximate surface area is 90.1 Å². The highest BCUT2D eigenvalue weighted by atomic mass is 35.5. The van der Waals surface area contributed by atoms with E-state index < -0.39 is 0 Å². The molecule has 0 aliphatic heterocycles. The van der Waals surface area contributed by atoms with Gasteiger partial charge in [-0.05, 0) is 18.2 Å². The van der Waals surface area contributed by atoms with Gasteiger partial charge < -0.3 is 9.64 Å². The Morgan fingerprint density at radius 1 is 1.36 bits per heavy atom. The lowest BCUT2D eigenvalue weighted by molar-refractivity contribution is 0.0827. The molecular weight excluding hydrogens is 202 g/mol. The van der Waals surface area contributed by atoms with Crippen LogP contribution in [0, 0.1) is 0 Å². The van der Waals surface area contributed by atoms with E-state index in [1.807, 2.05) is 6.07 Å². The van der Waals surface area contributed by atoms with Gasteiger partial charge in [-0.25, -0.2) is 0 Å². The highest BCUT2D eigenvalue weighted by Gasteiger charge is 2.07. The van der Waals surface area contributed by atoms with Crippen LogP contribution in [0.25, 0.3) is 0 Å². The van der Waals surface area contributed by atoms with E-state index in [-0.39, 0.29) is 18.3 Å². The van der Waals surface area contributed by atoms with Crippen molar-refractivity contribution in [3.8, 4) is 5.75 Å². The third-order valence-electron chi connectivity index (χ3n) is 1.72. The lowest BCUT2D eigenvalue weighted by Crippen LogP contribution is -2.21. The first-order chi connectivity index (χ1) is 6.15. The highest BCUT2D eigenvalue weighted by molar-refractivity contribution is 5.94. The third-order valence-corrected chi connectivity index (χ3v) is 1.72. The van der Waals surface area contributed by atoms with Crippen LogP contribution in [-0.4, -0.2) is 32.0 Å². The van der Waals surface area contributed by atoms with Crippen molar-refractivity contribution in [2.24, 2.45) is 0 Å². The van der Waals surface area contributed by atoms with Crippen LogP contribution in [0.2, 0.25) is 0 Å². The Bertz CT molecular complexity index is 313. The van der Waals surface area contributed by atoms with Crippen LogP contribution in [0.15, 0.2) is 24.3 Å². The van der Waals surface area contributed by atoms with Crippen molar-refractivity contribution in [2.75, 3.05) is 21.2 Å². The molecule has 0 saturated carbocycles. The normalized spacial score (nSPS) is 8.79. The van der Waals surface area contributed by atoms with Crippen molar-refractivity contribution in [3.05, 3.63) is 29.8 Å². The van der Waals surface area contributed by atoms with Gasteiger partial charge in [-0.3, -0.25) is 4.79 Å². The molecule has 0 radical (unpaired) electrons. The zero-order chi connectivity index (χ0) is 9.84. The molecule has 0 aliphatic carbocycles. The largest absolute Gasteiger partial charge is 0.497 e. The summed E-state index contributed by atoms with van der Waals surface area (Å²) in [6, 6.07) is 7.11. The minimum Gasteiger partial charge on any atom is -0.497 e. The number of benzene rings is 1. The van der Waals surface area contributed by atoms with Crippen molar-refractivity contribution in [1.29, 1.82) is 0 Å². The molecule has 0 spiro atoms. The second kappa shape index (κ2) is 5.50. The van der Waals surface area contributed by atoms with Crippen LogP contribution in [0.5, 0.6) is 5.75 Å². The van der Waals surface area contributed by atoms with Crippen LogP contribution in [0.4, 0.5) is 0 Å².